The summed E-state index contributed by atoms with van der Waals surface area (Å²) in [5.41, 5.74) is 1.59. The third kappa shape index (κ3) is 4.61. The molecule has 0 radical (unpaired) electrons. The Labute approximate surface area is 192 Å². The highest BCUT2D eigenvalue weighted by atomic mass is 32.2. The molecular weight excluding hydrogens is 448 g/mol. The van der Waals surface area contributed by atoms with Gasteiger partial charge in [0.05, 0.1) is 18.1 Å². The molecule has 3 aromatic rings. The van der Waals surface area contributed by atoms with Crippen LogP contribution in [0.4, 0.5) is 0 Å². The summed E-state index contributed by atoms with van der Waals surface area (Å²) in [6.07, 6.45) is 6.37. The number of rotatable bonds is 8. The van der Waals surface area contributed by atoms with Crippen molar-refractivity contribution < 1.29 is 22.4 Å². The maximum Gasteiger partial charge on any atom is 0.253 e. The van der Waals surface area contributed by atoms with Crippen molar-refractivity contribution in [3.8, 4) is 16.3 Å². The monoisotopic (exact) mass is 474 g/mol. The highest BCUT2D eigenvalue weighted by Gasteiger charge is 2.34. The Balaban J connectivity index is 1.36. The van der Waals surface area contributed by atoms with Gasteiger partial charge in [-0.15, -0.1) is 11.3 Å². The number of nitrogens with zero attached hydrogens (tertiary/aromatic N) is 2. The van der Waals surface area contributed by atoms with E-state index >= 15 is 0 Å². The van der Waals surface area contributed by atoms with Gasteiger partial charge < -0.3 is 14.0 Å². The molecule has 0 bridgehead atoms. The average molecular weight is 475 g/mol. The Morgan fingerprint density at radius 1 is 1.06 bits per heavy atom. The molecule has 1 aliphatic heterocycles. The van der Waals surface area contributed by atoms with Crippen LogP contribution in [0.1, 0.15) is 37.7 Å². The Bertz CT molecular complexity index is 1110. The van der Waals surface area contributed by atoms with Crippen LogP contribution in [0.25, 0.3) is 10.6 Å². The van der Waals surface area contributed by atoms with Gasteiger partial charge in [0, 0.05) is 25.1 Å². The zero-order valence-corrected chi connectivity index (χ0v) is 19.3. The van der Waals surface area contributed by atoms with Crippen molar-refractivity contribution in [3.05, 3.63) is 54.3 Å². The van der Waals surface area contributed by atoms with E-state index in [0.717, 1.165) is 54.9 Å². The van der Waals surface area contributed by atoms with E-state index in [1.54, 1.807) is 22.5 Å². The van der Waals surface area contributed by atoms with Gasteiger partial charge in [0.25, 0.3) is 10.0 Å². The van der Waals surface area contributed by atoms with Crippen LogP contribution in [0.3, 0.4) is 0 Å². The van der Waals surface area contributed by atoms with Gasteiger partial charge in [0.2, 0.25) is 0 Å². The molecule has 5 rings (SSSR count). The van der Waals surface area contributed by atoms with Crippen LogP contribution in [-0.4, -0.2) is 43.2 Å². The lowest BCUT2D eigenvalue weighted by atomic mass is 10.2. The minimum atomic E-state index is -3.64. The first-order valence-electron chi connectivity index (χ1n) is 11.0. The van der Waals surface area contributed by atoms with Gasteiger partial charge >= 0.3 is 0 Å². The first-order valence-corrected chi connectivity index (χ1v) is 13.2. The standard InChI is InChI=1S/C23H26N2O5S2/c26-32(27,23-10-9-22(31-23)21-12-14-29-24-21)25(18-3-1-2-4-18)15-17-5-7-19(8-6-17)30-20-11-13-28-16-20/h5-10,12,14,18,20H,1-4,11,13,15-16H2/t20-/m1/s1. The van der Waals surface area contributed by atoms with Crippen LogP contribution in [0.5, 0.6) is 5.75 Å². The molecule has 2 aromatic heterocycles. The molecule has 0 spiro atoms. The van der Waals surface area contributed by atoms with E-state index in [-0.39, 0.29) is 12.1 Å². The smallest absolute Gasteiger partial charge is 0.253 e. The number of hydrogen-bond acceptors (Lipinski definition) is 7. The fourth-order valence-corrected chi connectivity index (χ4v) is 7.38. The van der Waals surface area contributed by atoms with Crippen LogP contribution in [0.15, 0.2) is 57.5 Å². The topological polar surface area (TPSA) is 81.9 Å². The van der Waals surface area contributed by atoms with Gasteiger partial charge in [0.15, 0.2) is 0 Å². The summed E-state index contributed by atoms with van der Waals surface area (Å²) in [5, 5.41) is 3.92. The van der Waals surface area contributed by atoms with Crippen molar-refractivity contribution in [2.24, 2.45) is 0 Å². The number of benzene rings is 1. The van der Waals surface area contributed by atoms with E-state index in [2.05, 4.69) is 5.16 Å². The molecule has 9 heteroatoms. The number of ether oxygens (including phenoxy) is 2. The second-order valence-electron chi connectivity index (χ2n) is 8.24. The predicted molar refractivity (Wildman–Crippen MR) is 121 cm³/mol. The molecule has 1 atom stereocenters. The highest BCUT2D eigenvalue weighted by molar-refractivity contribution is 7.91. The van der Waals surface area contributed by atoms with Crippen LogP contribution in [0, 0.1) is 0 Å². The van der Waals surface area contributed by atoms with E-state index in [9.17, 15) is 8.42 Å². The van der Waals surface area contributed by atoms with Gasteiger partial charge in [-0.2, -0.15) is 4.31 Å². The lowest BCUT2D eigenvalue weighted by Crippen LogP contribution is -2.37. The minimum absolute atomic E-state index is 0.0177. The summed E-state index contributed by atoms with van der Waals surface area (Å²) in [6.45, 7) is 1.70. The highest BCUT2D eigenvalue weighted by Crippen LogP contribution is 2.35. The van der Waals surface area contributed by atoms with Crippen molar-refractivity contribution in [2.45, 2.75) is 55.0 Å². The molecule has 0 N–H and O–H groups in total. The first-order chi connectivity index (χ1) is 15.6. The normalized spacial score (nSPS) is 19.7. The first kappa shape index (κ1) is 21.6. The maximum absolute atomic E-state index is 13.7. The SMILES string of the molecule is O=S(=O)(c1ccc(-c2ccon2)s1)N(Cc1ccc(O[C@@H]2CCOC2)cc1)C1CCCC1. The molecule has 2 aliphatic rings. The summed E-state index contributed by atoms with van der Waals surface area (Å²) in [4.78, 5) is 0.779. The zero-order chi connectivity index (χ0) is 22.0. The van der Waals surface area contributed by atoms with Crippen molar-refractivity contribution in [3.63, 3.8) is 0 Å². The lowest BCUT2D eigenvalue weighted by molar-refractivity contribution is 0.141. The fourth-order valence-electron chi connectivity index (χ4n) is 4.31. The molecule has 1 saturated heterocycles. The summed E-state index contributed by atoms with van der Waals surface area (Å²) < 4.78 is 45.5. The lowest BCUT2D eigenvalue weighted by Gasteiger charge is -2.27. The van der Waals surface area contributed by atoms with Gasteiger partial charge in [-0.25, -0.2) is 8.42 Å². The van der Waals surface area contributed by atoms with Crippen LogP contribution in [0.2, 0.25) is 0 Å². The van der Waals surface area contributed by atoms with E-state index in [4.69, 9.17) is 14.0 Å². The molecule has 32 heavy (non-hydrogen) atoms. The molecule has 0 unspecified atom stereocenters. The Morgan fingerprint density at radius 2 is 1.88 bits per heavy atom. The second-order valence-corrected chi connectivity index (χ2v) is 11.4. The van der Waals surface area contributed by atoms with Gasteiger partial charge in [-0.3, -0.25) is 0 Å². The summed E-state index contributed by atoms with van der Waals surface area (Å²) in [5.74, 6) is 0.787. The molecule has 0 amide bonds. The molecule has 3 heterocycles. The Kier molecular flexibility index (Phi) is 6.32. The molecule has 7 nitrogen and oxygen atoms in total. The van der Waals surface area contributed by atoms with Crippen molar-refractivity contribution in [2.75, 3.05) is 13.2 Å². The molecule has 170 valence electrons. The maximum atomic E-state index is 13.7. The molecule has 1 aromatic carbocycles. The van der Waals surface area contributed by atoms with Crippen molar-refractivity contribution >= 4 is 21.4 Å². The third-order valence-electron chi connectivity index (χ3n) is 6.02. The van der Waals surface area contributed by atoms with Gasteiger partial charge in [-0.05, 0) is 42.7 Å². The molecular formula is C23H26N2O5S2. The van der Waals surface area contributed by atoms with Crippen LogP contribution >= 0.6 is 11.3 Å². The van der Waals surface area contributed by atoms with Crippen LogP contribution in [-0.2, 0) is 21.3 Å². The molecule has 1 saturated carbocycles. The van der Waals surface area contributed by atoms with E-state index in [0.29, 0.717) is 23.1 Å². The van der Waals surface area contributed by atoms with Gasteiger partial charge in [-0.1, -0.05) is 30.1 Å². The minimum Gasteiger partial charge on any atom is -0.488 e. The van der Waals surface area contributed by atoms with E-state index < -0.39 is 10.0 Å². The predicted octanol–water partition coefficient (Wildman–Crippen LogP) is 4.70. The largest absolute Gasteiger partial charge is 0.488 e. The van der Waals surface area contributed by atoms with Crippen LogP contribution < -0.4 is 4.74 Å². The Morgan fingerprint density at radius 3 is 2.56 bits per heavy atom. The van der Waals surface area contributed by atoms with E-state index in [1.807, 2.05) is 24.3 Å². The third-order valence-corrected chi connectivity index (χ3v) is 9.49. The number of thiophene rings is 1. The van der Waals surface area contributed by atoms with E-state index in [1.165, 1.54) is 17.6 Å². The summed E-state index contributed by atoms with van der Waals surface area (Å²) in [7, 11) is -3.64. The molecule has 1 aliphatic carbocycles. The number of sulfonamides is 1. The fraction of sp³-hybridized carbons (Fsp3) is 0.435. The zero-order valence-electron chi connectivity index (χ0n) is 17.7. The average Bonchev–Trinajstić information content (AvgIpc) is 3.60. The molecule has 2 fully saturated rings. The van der Waals surface area contributed by atoms with Gasteiger partial charge in [0.1, 0.15) is 28.0 Å². The second kappa shape index (κ2) is 9.35. The summed E-state index contributed by atoms with van der Waals surface area (Å²) in [6, 6.07) is 13.0. The quantitative estimate of drug-likeness (QED) is 0.471. The number of hydrogen-bond donors (Lipinski definition) is 0. The summed E-state index contributed by atoms with van der Waals surface area (Å²) >= 11 is 1.23. The van der Waals surface area contributed by atoms with Crippen molar-refractivity contribution in [1.82, 2.24) is 9.46 Å². The van der Waals surface area contributed by atoms with Crippen molar-refractivity contribution in [1.29, 1.82) is 0 Å². The number of aromatic nitrogens is 1. The Hall–Kier alpha value is -2.20.